The quantitative estimate of drug-likeness (QED) is 0.817. The Bertz CT molecular complexity index is 670. The number of rotatable bonds is 4. The van der Waals surface area contributed by atoms with Gasteiger partial charge in [-0.2, -0.15) is 0 Å². The topological polar surface area (TPSA) is 91.5 Å². The van der Waals surface area contributed by atoms with Crippen molar-refractivity contribution >= 4 is 17.4 Å². The summed E-state index contributed by atoms with van der Waals surface area (Å²) in [6, 6.07) is 3.98. The second kappa shape index (κ2) is 6.86. The van der Waals surface area contributed by atoms with Gasteiger partial charge in [0.2, 0.25) is 5.91 Å². The van der Waals surface area contributed by atoms with Crippen molar-refractivity contribution in [2.75, 3.05) is 37.6 Å². The third-order valence-electron chi connectivity index (χ3n) is 3.78. The number of hydrogen-bond donors (Lipinski definition) is 1. The van der Waals surface area contributed by atoms with Crippen molar-refractivity contribution in [1.82, 2.24) is 35.5 Å². The molecule has 1 fully saturated rings. The van der Waals surface area contributed by atoms with E-state index < -0.39 is 0 Å². The highest BCUT2D eigenvalue weighted by Gasteiger charge is 2.18. The number of aromatic nitrogens is 5. The van der Waals surface area contributed by atoms with Crippen molar-refractivity contribution in [3.63, 3.8) is 0 Å². The molecule has 23 heavy (non-hydrogen) atoms. The van der Waals surface area contributed by atoms with Crippen LogP contribution in [0.3, 0.4) is 0 Å². The molecule has 1 amide bonds. The molecule has 0 radical (unpaired) electrons. The molecule has 124 valence electrons. The van der Waals surface area contributed by atoms with Gasteiger partial charge in [0.05, 0.1) is 6.54 Å². The maximum Gasteiger partial charge on any atom is 0.234 e. The number of tetrazole rings is 1. The normalized spacial score (nSPS) is 16.7. The second-order valence-corrected chi connectivity index (χ2v) is 6.06. The van der Waals surface area contributed by atoms with Crippen molar-refractivity contribution in [3.8, 4) is 0 Å². The Labute approximate surface area is 134 Å². The first-order chi connectivity index (χ1) is 11.1. The summed E-state index contributed by atoms with van der Waals surface area (Å²) in [5, 5.41) is 18.7. The monoisotopic (exact) mass is 318 g/mol. The van der Waals surface area contributed by atoms with Crippen molar-refractivity contribution in [2.24, 2.45) is 0 Å². The Kier molecular flexibility index (Phi) is 4.65. The lowest BCUT2D eigenvalue weighted by Crippen LogP contribution is -2.41. The molecule has 2 aromatic rings. The van der Waals surface area contributed by atoms with Gasteiger partial charge in [0.15, 0.2) is 11.5 Å². The summed E-state index contributed by atoms with van der Waals surface area (Å²) in [6.45, 7) is 7.88. The molecule has 0 atom stereocenters. The molecule has 2 aromatic heterocycles. The fourth-order valence-corrected chi connectivity index (χ4v) is 2.74. The highest BCUT2D eigenvalue weighted by molar-refractivity contribution is 5.78. The maximum atomic E-state index is 11.9. The summed E-state index contributed by atoms with van der Waals surface area (Å²) in [6.07, 6.45) is 0.990. The highest BCUT2D eigenvalue weighted by Crippen LogP contribution is 2.13. The summed E-state index contributed by atoms with van der Waals surface area (Å²) in [7, 11) is 0. The number of carbonyl (C=O) groups is 1. The molecule has 1 aliphatic heterocycles. The zero-order valence-electron chi connectivity index (χ0n) is 13.5. The molecule has 0 spiro atoms. The SMILES string of the molecule is CC(C)NC(=O)CN1CCCN(c2ccc3nnnn3n2)CC1. The zero-order valence-corrected chi connectivity index (χ0v) is 13.5. The molecular weight excluding hydrogens is 296 g/mol. The average Bonchev–Trinajstić information content (AvgIpc) is 2.85. The van der Waals surface area contributed by atoms with Crippen molar-refractivity contribution < 1.29 is 4.79 Å². The van der Waals surface area contributed by atoms with Crippen LogP contribution in [0.5, 0.6) is 0 Å². The lowest BCUT2D eigenvalue weighted by Gasteiger charge is -2.22. The van der Waals surface area contributed by atoms with Gasteiger partial charge in [-0.25, -0.2) is 0 Å². The fraction of sp³-hybridized carbons (Fsp3) is 0.643. The van der Waals surface area contributed by atoms with Crippen LogP contribution in [0.4, 0.5) is 5.82 Å². The fourth-order valence-electron chi connectivity index (χ4n) is 2.74. The summed E-state index contributed by atoms with van der Waals surface area (Å²) < 4.78 is 1.44. The zero-order chi connectivity index (χ0) is 16.2. The average molecular weight is 318 g/mol. The van der Waals surface area contributed by atoms with E-state index >= 15 is 0 Å². The van der Waals surface area contributed by atoms with E-state index in [2.05, 4.69) is 35.7 Å². The standard InChI is InChI=1S/C14H22N8O/c1-11(2)15-14(23)10-20-6-3-7-21(9-8-20)13-5-4-12-16-18-19-22(12)17-13/h4-5,11H,3,6-10H2,1-2H3,(H,15,23). The minimum Gasteiger partial charge on any atom is -0.354 e. The molecule has 0 aromatic carbocycles. The van der Waals surface area contributed by atoms with Crippen molar-refractivity contribution in [3.05, 3.63) is 12.1 Å². The van der Waals surface area contributed by atoms with Gasteiger partial charge in [-0.15, -0.1) is 14.8 Å². The minimum atomic E-state index is 0.0849. The van der Waals surface area contributed by atoms with Crippen LogP contribution in [0, 0.1) is 0 Å². The predicted molar refractivity (Wildman–Crippen MR) is 85.1 cm³/mol. The first kappa shape index (κ1) is 15.6. The van der Waals surface area contributed by atoms with Gasteiger partial charge in [0, 0.05) is 32.2 Å². The first-order valence-corrected chi connectivity index (χ1v) is 7.94. The summed E-state index contributed by atoms with van der Waals surface area (Å²) >= 11 is 0. The number of nitrogens with zero attached hydrogens (tertiary/aromatic N) is 7. The molecule has 1 saturated heterocycles. The molecule has 3 rings (SSSR count). The van der Waals surface area contributed by atoms with E-state index in [-0.39, 0.29) is 11.9 Å². The Morgan fingerprint density at radius 1 is 1.26 bits per heavy atom. The molecule has 3 heterocycles. The van der Waals surface area contributed by atoms with Crippen LogP contribution in [0.1, 0.15) is 20.3 Å². The van der Waals surface area contributed by atoms with Crippen LogP contribution < -0.4 is 10.2 Å². The van der Waals surface area contributed by atoms with Gasteiger partial charge >= 0.3 is 0 Å². The Hall–Kier alpha value is -2.29. The second-order valence-electron chi connectivity index (χ2n) is 6.06. The number of nitrogens with one attached hydrogen (secondary N) is 1. The van der Waals surface area contributed by atoms with Crippen molar-refractivity contribution in [2.45, 2.75) is 26.3 Å². The highest BCUT2D eigenvalue weighted by atomic mass is 16.2. The van der Waals surface area contributed by atoms with E-state index in [1.165, 1.54) is 4.63 Å². The molecular formula is C14H22N8O. The van der Waals surface area contributed by atoms with Crippen LogP contribution in [-0.2, 0) is 4.79 Å². The number of carbonyl (C=O) groups excluding carboxylic acids is 1. The van der Waals surface area contributed by atoms with E-state index in [1.807, 2.05) is 26.0 Å². The third-order valence-corrected chi connectivity index (χ3v) is 3.78. The van der Waals surface area contributed by atoms with Crippen LogP contribution >= 0.6 is 0 Å². The molecule has 9 nitrogen and oxygen atoms in total. The van der Waals surface area contributed by atoms with Gasteiger partial charge in [-0.1, -0.05) is 0 Å². The van der Waals surface area contributed by atoms with Gasteiger partial charge in [0.1, 0.15) is 0 Å². The molecule has 0 aliphatic carbocycles. The summed E-state index contributed by atoms with van der Waals surface area (Å²) in [4.78, 5) is 16.3. The molecule has 1 aliphatic rings. The van der Waals surface area contributed by atoms with E-state index in [9.17, 15) is 4.79 Å². The smallest absolute Gasteiger partial charge is 0.234 e. The van der Waals surface area contributed by atoms with Crippen LogP contribution in [0.25, 0.3) is 5.65 Å². The Morgan fingerprint density at radius 3 is 2.96 bits per heavy atom. The van der Waals surface area contributed by atoms with Gasteiger partial charge in [0.25, 0.3) is 0 Å². The van der Waals surface area contributed by atoms with E-state index in [0.717, 1.165) is 38.4 Å². The van der Waals surface area contributed by atoms with E-state index in [0.29, 0.717) is 12.2 Å². The minimum absolute atomic E-state index is 0.0849. The van der Waals surface area contributed by atoms with Crippen LogP contribution in [0.2, 0.25) is 0 Å². The van der Waals surface area contributed by atoms with E-state index in [4.69, 9.17) is 0 Å². The first-order valence-electron chi connectivity index (χ1n) is 7.94. The Morgan fingerprint density at radius 2 is 2.13 bits per heavy atom. The van der Waals surface area contributed by atoms with Gasteiger partial charge < -0.3 is 10.2 Å². The van der Waals surface area contributed by atoms with Crippen molar-refractivity contribution in [1.29, 1.82) is 0 Å². The number of hydrogen-bond acceptors (Lipinski definition) is 7. The molecule has 0 bridgehead atoms. The summed E-state index contributed by atoms with van der Waals surface area (Å²) in [5.41, 5.74) is 0.635. The lowest BCUT2D eigenvalue weighted by molar-refractivity contribution is -0.122. The molecule has 9 heteroatoms. The van der Waals surface area contributed by atoms with Crippen LogP contribution in [0.15, 0.2) is 12.1 Å². The third kappa shape index (κ3) is 3.92. The molecule has 1 N–H and O–H groups in total. The summed E-state index contributed by atoms with van der Waals surface area (Å²) in [5.74, 6) is 0.944. The predicted octanol–water partition coefficient (Wildman–Crippen LogP) is -0.444. The van der Waals surface area contributed by atoms with E-state index in [1.54, 1.807) is 0 Å². The Balaban J connectivity index is 1.60. The maximum absolute atomic E-state index is 11.9. The van der Waals surface area contributed by atoms with Gasteiger partial charge in [-0.05, 0) is 42.8 Å². The molecule has 0 saturated carbocycles. The lowest BCUT2D eigenvalue weighted by atomic mass is 10.3. The molecule has 0 unspecified atom stereocenters. The van der Waals surface area contributed by atoms with Crippen LogP contribution in [-0.4, -0.2) is 74.8 Å². The number of amides is 1. The number of fused-ring (bicyclic) bond motifs is 1. The van der Waals surface area contributed by atoms with Gasteiger partial charge in [-0.3, -0.25) is 9.69 Å². The largest absolute Gasteiger partial charge is 0.354 e. The number of anilines is 1.